The third-order valence-electron chi connectivity index (χ3n) is 3.22. The van der Waals surface area contributed by atoms with E-state index in [2.05, 4.69) is 20.2 Å². The Morgan fingerprint density at radius 1 is 1.16 bits per heavy atom. The summed E-state index contributed by atoms with van der Waals surface area (Å²) in [5.74, 6) is -0.940. The molecule has 2 N–H and O–H groups in total. The van der Waals surface area contributed by atoms with Gasteiger partial charge in [-0.2, -0.15) is 13.2 Å². The molecule has 2 heterocycles. The second kappa shape index (κ2) is 4.41. The number of H-pyrrole nitrogens is 1. The van der Waals surface area contributed by atoms with Crippen molar-refractivity contribution in [3.05, 3.63) is 24.0 Å². The summed E-state index contributed by atoms with van der Waals surface area (Å²) in [6.45, 7) is 3.19. The van der Waals surface area contributed by atoms with Gasteiger partial charge in [0.1, 0.15) is 5.52 Å². The van der Waals surface area contributed by atoms with Gasteiger partial charge in [-0.1, -0.05) is 6.07 Å². The van der Waals surface area contributed by atoms with Crippen molar-refractivity contribution in [1.29, 1.82) is 0 Å². The van der Waals surface area contributed by atoms with Crippen LogP contribution in [-0.2, 0) is 6.18 Å². The number of hydrogen-bond donors (Lipinski definition) is 2. The molecule has 0 bridgehead atoms. The monoisotopic (exact) mass is 270 g/mol. The normalized spacial score (nSPS) is 17.1. The van der Waals surface area contributed by atoms with Crippen LogP contribution in [0.3, 0.4) is 0 Å². The number of nitrogens with one attached hydrogen (secondary N) is 2. The quantitative estimate of drug-likeness (QED) is 0.833. The highest BCUT2D eigenvalue weighted by atomic mass is 19.4. The van der Waals surface area contributed by atoms with Crippen LogP contribution in [0.5, 0.6) is 0 Å². The van der Waals surface area contributed by atoms with Gasteiger partial charge < -0.3 is 15.2 Å². The fraction of sp³-hybridized carbons (Fsp3) is 0.417. The molecule has 0 atom stereocenters. The van der Waals surface area contributed by atoms with Crippen LogP contribution in [0, 0.1) is 0 Å². The van der Waals surface area contributed by atoms with Gasteiger partial charge in [0.15, 0.2) is 0 Å². The molecule has 0 amide bonds. The third kappa shape index (κ3) is 2.25. The molecule has 1 aromatic heterocycles. The predicted octanol–water partition coefficient (Wildman–Crippen LogP) is 1.99. The van der Waals surface area contributed by atoms with Crippen molar-refractivity contribution in [3.63, 3.8) is 0 Å². The highest BCUT2D eigenvalue weighted by Crippen LogP contribution is 2.32. The van der Waals surface area contributed by atoms with Crippen LogP contribution in [-0.4, -0.2) is 36.1 Å². The number of alkyl halides is 3. The van der Waals surface area contributed by atoms with Crippen LogP contribution in [0.1, 0.15) is 5.82 Å². The summed E-state index contributed by atoms with van der Waals surface area (Å²) in [5, 5.41) is 3.21. The van der Waals surface area contributed by atoms with E-state index in [1.807, 2.05) is 6.07 Å². The van der Waals surface area contributed by atoms with Crippen molar-refractivity contribution < 1.29 is 13.2 Å². The number of halogens is 3. The lowest BCUT2D eigenvalue weighted by atomic mass is 10.2. The first-order valence-corrected chi connectivity index (χ1v) is 6.07. The zero-order valence-corrected chi connectivity index (χ0v) is 10.1. The second-order valence-electron chi connectivity index (χ2n) is 4.49. The number of para-hydroxylation sites is 1. The molecule has 0 radical (unpaired) electrons. The van der Waals surface area contributed by atoms with E-state index in [9.17, 15) is 13.2 Å². The van der Waals surface area contributed by atoms with Crippen LogP contribution in [0.4, 0.5) is 18.9 Å². The smallest absolute Gasteiger partial charge is 0.367 e. The maximum Gasteiger partial charge on any atom is 0.449 e. The van der Waals surface area contributed by atoms with Gasteiger partial charge in [0.25, 0.3) is 0 Å². The van der Waals surface area contributed by atoms with E-state index in [1.165, 1.54) is 0 Å². The van der Waals surface area contributed by atoms with Crippen molar-refractivity contribution in [2.45, 2.75) is 6.18 Å². The molecule has 2 aromatic rings. The molecule has 4 nitrogen and oxygen atoms in total. The average molecular weight is 270 g/mol. The molecule has 1 saturated heterocycles. The maximum atomic E-state index is 12.7. The molecule has 0 aliphatic carbocycles. The summed E-state index contributed by atoms with van der Waals surface area (Å²) >= 11 is 0. The number of aromatic nitrogens is 2. The van der Waals surface area contributed by atoms with Crippen LogP contribution < -0.4 is 10.2 Å². The van der Waals surface area contributed by atoms with E-state index in [4.69, 9.17) is 0 Å². The number of anilines is 1. The number of piperazine rings is 1. The zero-order chi connectivity index (χ0) is 13.5. The lowest BCUT2D eigenvalue weighted by Gasteiger charge is -2.29. The summed E-state index contributed by atoms with van der Waals surface area (Å²) in [4.78, 5) is 8.11. The Morgan fingerprint density at radius 3 is 2.58 bits per heavy atom. The molecule has 7 heteroatoms. The van der Waals surface area contributed by atoms with Crippen molar-refractivity contribution in [2.75, 3.05) is 31.1 Å². The molecule has 1 aromatic carbocycles. The first-order chi connectivity index (χ1) is 9.05. The Bertz CT molecular complexity index is 584. The Hall–Kier alpha value is -1.76. The molecule has 0 spiro atoms. The minimum atomic E-state index is -4.44. The van der Waals surface area contributed by atoms with Crippen LogP contribution in [0.2, 0.25) is 0 Å². The number of hydrogen-bond acceptors (Lipinski definition) is 3. The summed E-state index contributed by atoms with van der Waals surface area (Å²) in [7, 11) is 0. The molecule has 0 unspecified atom stereocenters. The number of benzene rings is 1. The van der Waals surface area contributed by atoms with Gasteiger partial charge in [-0.3, -0.25) is 0 Å². The van der Waals surface area contributed by atoms with Crippen LogP contribution in [0.15, 0.2) is 18.2 Å². The Labute approximate surface area is 107 Å². The molecule has 3 rings (SSSR count). The number of nitrogens with zero attached hydrogens (tertiary/aromatic N) is 2. The molecule has 1 fully saturated rings. The fourth-order valence-electron chi connectivity index (χ4n) is 2.31. The average Bonchev–Trinajstić information content (AvgIpc) is 2.83. The van der Waals surface area contributed by atoms with Gasteiger partial charge in [-0.05, 0) is 12.1 Å². The van der Waals surface area contributed by atoms with Gasteiger partial charge in [0.05, 0.1) is 11.2 Å². The number of fused-ring (bicyclic) bond motifs is 1. The first kappa shape index (κ1) is 12.3. The van der Waals surface area contributed by atoms with Crippen LogP contribution in [0.25, 0.3) is 11.0 Å². The minimum absolute atomic E-state index is 0.386. The number of aromatic amines is 1. The Kier molecular flexibility index (Phi) is 2.85. The highest BCUT2D eigenvalue weighted by Gasteiger charge is 2.35. The summed E-state index contributed by atoms with van der Waals surface area (Å²) in [6.07, 6.45) is -4.44. The fourth-order valence-corrected chi connectivity index (χ4v) is 2.31. The van der Waals surface area contributed by atoms with E-state index >= 15 is 0 Å². The van der Waals surface area contributed by atoms with Gasteiger partial charge >= 0.3 is 6.18 Å². The largest absolute Gasteiger partial charge is 0.449 e. The van der Waals surface area contributed by atoms with Gasteiger partial charge in [0, 0.05) is 26.2 Å². The lowest BCUT2D eigenvalue weighted by Crippen LogP contribution is -2.43. The maximum absolute atomic E-state index is 12.7. The van der Waals surface area contributed by atoms with Crippen molar-refractivity contribution >= 4 is 16.7 Å². The molecule has 1 aliphatic heterocycles. The van der Waals surface area contributed by atoms with Crippen molar-refractivity contribution in [3.8, 4) is 0 Å². The van der Waals surface area contributed by atoms with E-state index in [0.29, 0.717) is 11.0 Å². The van der Waals surface area contributed by atoms with Gasteiger partial charge in [-0.25, -0.2) is 4.98 Å². The molecule has 19 heavy (non-hydrogen) atoms. The molecule has 0 saturated carbocycles. The topological polar surface area (TPSA) is 44.0 Å². The third-order valence-corrected chi connectivity index (χ3v) is 3.22. The van der Waals surface area contributed by atoms with Gasteiger partial charge in [0.2, 0.25) is 5.82 Å². The van der Waals surface area contributed by atoms with Crippen LogP contribution >= 0.6 is 0 Å². The van der Waals surface area contributed by atoms with E-state index in [0.717, 1.165) is 31.9 Å². The summed E-state index contributed by atoms with van der Waals surface area (Å²) < 4.78 is 38.0. The predicted molar refractivity (Wildman–Crippen MR) is 66.2 cm³/mol. The first-order valence-electron chi connectivity index (χ1n) is 6.07. The lowest BCUT2D eigenvalue weighted by molar-refractivity contribution is -0.144. The molecule has 1 aliphatic rings. The second-order valence-corrected chi connectivity index (χ2v) is 4.49. The van der Waals surface area contributed by atoms with Crippen molar-refractivity contribution in [1.82, 2.24) is 15.3 Å². The molecular weight excluding hydrogens is 257 g/mol. The number of imidazole rings is 1. The Balaban J connectivity index is 2.07. The summed E-state index contributed by atoms with van der Waals surface area (Å²) in [5.41, 5.74) is 1.56. The van der Waals surface area contributed by atoms with Crippen molar-refractivity contribution in [2.24, 2.45) is 0 Å². The highest BCUT2D eigenvalue weighted by molar-refractivity contribution is 5.89. The molecular formula is C12H13F3N4. The molecule has 102 valence electrons. The Morgan fingerprint density at radius 2 is 1.89 bits per heavy atom. The van der Waals surface area contributed by atoms with E-state index < -0.39 is 12.0 Å². The summed E-state index contributed by atoms with van der Waals surface area (Å²) in [6, 6.07) is 5.18. The minimum Gasteiger partial charge on any atom is -0.367 e. The zero-order valence-electron chi connectivity index (χ0n) is 10.1. The SMILES string of the molecule is FC(F)(F)c1nc2c(N3CCNCC3)cccc2[nH]1. The van der Waals surface area contributed by atoms with E-state index in [1.54, 1.807) is 12.1 Å². The standard InChI is InChI=1S/C12H13F3N4/c13-12(14,15)11-17-8-2-1-3-9(10(8)18-11)19-6-4-16-5-7-19/h1-3,16H,4-7H2,(H,17,18). The van der Waals surface area contributed by atoms with Gasteiger partial charge in [-0.15, -0.1) is 0 Å². The van der Waals surface area contributed by atoms with E-state index in [-0.39, 0.29) is 0 Å². The number of rotatable bonds is 1.